The molecule has 1 aromatic heterocycles. The molecule has 0 radical (unpaired) electrons. The van der Waals surface area contributed by atoms with Crippen LogP contribution < -0.4 is 5.32 Å². The van der Waals surface area contributed by atoms with Gasteiger partial charge in [0.2, 0.25) is 0 Å². The monoisotopic (exact) mass is 260 g/mol. The molecule has 19 heavy (non-hydrogen) atoms. The summed E-state index contributed by atoms with van der Waals surface area (Å²) < 4.78 is 5.13. The minimum atomic E-state index is 0.222. The molecular weight excluding hydrogens is 236 g/mol. The lowest BCUT2D eigenvalue weighted by atomic mass is 9.67. The van der Waals surface area contributed by atoms with Crippen molar-refractivity contribution in [2.24, 2.45) is 11.8 Å². The van der Waals surface area contributed by atoms with Crippen molar-refractivity contribution in [3.63, 3.8) is 0 Å². The summed E-state index contributed by atoms with van der Waals surface area (Å²) in [4.78, 5) is 0. The fourth-order valence-corrected chi connectivity index (χ4v) is 3.80. The highest BCUT2D eigenvalue weighted by atomic mass is 16.5. The first-order valence-corrected chi connectivity index (χ1v) is 7.39. The highest BCUT2D eigenvalue weighted by molar-refractivity contribution is 5.18. The summed E-state index contributed by atoms with van der Waals surface area (Å²) in [5.74, 6) is 2.45. The summed E-state index contributed by atoms with van der Waals surface area (Å²) in [6, 6.07) is 2.02. The maximum Gasteiger partial charge on any atom is 0.133 e. The van der Waals surface area contributed by atoms with Gasteiger partial charge in [-0.25, -0.2) is 0 Å². The van der Waals surface area contributed by atoms with E-state index in [9.17, 15) is 0 Å². The molecule has 2 atom stereocenters. The summed E-state index contributed by atoms with van der Waals surface area (Å²) in [7, 11) is 0. The minimum Gasteiger partial charge on any atom is -0.361 e. The van der Waals surface area contributed by atoms with E-state index in [-0.39, 0.29) is 5.54 Å². The van der Waals surface area contributed by atoms with Crippen molar-refractivity contribution in [1.29, 1.82) is 0 Å². The number of aromatic nitrogens is 1. The highest BCUT2D eigenvalue weighted by Crippen LogP contribution is 2.43. The molecule has 1 N–H and O–H groups in total. The van der Waals surface area contributed by atoms with Crippen molar-refractivity contribution in [3.05, 3.63) is 29.2 Å². The zero-order chi connectivity index (χ0) is 13.5. The van der Waals surface area contributed by atoms with Crippen molar-refractivity contribution in [3.8, 4) is 0 Å². The van der Waals surface area contributed by atoms with Gasteiger partial charge >= 0.3 is 0 Å². The van der Waals surface area contributed by atoms with Gasteiger partial charge < -0.3 is 9.84 Å². The Kier molecular flexibility index (Phi) is 3.25. The Labute approximate surface area is 115 Å². The molecule has 1 heterocycles. The number of hydrogen-bond acceptors (Lipinski definition) is 3. The van der Waals surface area contributed by atoms with Gasteiger partial charge in [0.15, 0.2) is 0 Å². The number of fused-ring (bicyclic) bond motifs is 4. The topological polar surface area (TPSA) is 38.1 Å². The Bertz CT molecular complexity index is 483. The van der Waals surface area contributed by atoms with Crippen LogP contribution in [0.15, 0.2) is 22.2 Å². The summed E-state index contributed by atoms with van der Waals surface area (Å²) in [6.45, 7) is 7.46. The van der Waals surface area contributed by atoms with Crippen LogP contribution in [0.2, 0.25) is 0 Å². The van der Waals surface area contributed by atoms with Gasteiger partial charge in [0.1, 0.15) is 5.76 Å². The van der Waals surface area contributed by atoms with Crippen LogP contribution in [-0.4, -0.2) is 10.7 Å². The minimum absolute atomic E-state index is 0.222. The Morgan fingerprint density at radius 1 is 1.42 bits per heavy atom. The molecule has 3 nitrogen and oxygen atoms in total. The third-order valence-electron chi connectivity index (χ3n) is 4.51. The van der Waals surface area contributed by atoms with Crippen LogP contribution in [0.1, 0.15) is 51.0 Å². The lowest BCUT2D eigenvalue weighted by Crippen LogP contribution is -2.46. The third-order valence-corrected chi connectivity index (χ3v) is 4.51. The molecule has 0 amide bonds. The Balaban J connectivity index is 1.66. The van der Waals surface area contributed by atoms with E-state index in [1.807, 2.05) is 13.0 Å². The van der Waals surface area contributed by atoms with E-state index in [0.29, 0.717) is 5.92 Å². The van der Waals surface area contributed by atoms with E-state index in [4.69, 9.17) is 4.52 Å². The predicted molar refractivity (Wildman–Crippen MR) is 75.7 cm³/mol. The first-order valence-electron chi connectivity index (χ1n) is 7.39. The van der Waals surface area contributed by atoms with E-state index < -0.39 is 0 Å². The molecule has 1 aromatic rings. The van der Waals surface area contributed by atoms with Gasteiger partial charge in [0, 0.05) is 18.2 Å². The number of nitrogens with zero attached hydrogens (tertiary/aromatic N) is 1. The van der Waals surface area contributed by atoms with Gasteiger partial charge in [-0.2, -0.15) is 0 Å². The predicted octanol–water partition coefficient (Wildman–Crippen LogP) is 3.60. The SMILES string of the molecule is Cc1cc(CNC2(C)CC(C)C=C3CC(C3)C2)no1. The standard InChI is InChI=1S/C16H24N2O/c1-11-4-13-6-14(7-13)9-16(3,8-11)17-10-15-5-12(2)19-18-15/h4-5,11,14,17H,6-10H2,1-3H3. The largest absolute Gasteiger partial charge is 0.361 e. The molecule has 3 heteroatoms. The molecule has 0 spiro atoms. The summed E-state index contributed by atoms with van der Waals surface area (Å²) in [6.07, 6.45) is 7.64. The second-order valence-corrected chi connectivity index (χ2v) is 6.83. The molecule has 3 aliphatic rings. The van der Waals surface area contributed by atoms with Crippen molar-refractivity contribution in [2.45, 2.75) is 58.5 Å². The lowest BCUT2D eigenvalue weighted by Gasteiger charge is -2.43. The number of rotatable bonds is 3. The number of hydrogen-bond donors (Lipinski definition) is 1. The first-order chi connectivity index (χ1) is 9.02. The summed E-state index contributed by atoms with van der Waals surface area (Å²) >= 11 is 0. The van der Waals surface area contributed by atoms with E-state index >= 15 is 0 Å². The molecule has 2 bridgehead atoms. The van der Waals surface area contributed by atoms with Crippen LogP contribution in [0.4, 0.5) is 0 Å². The molecule has 1 fully saturated rings. The summed E-state index contributed by atoms with van der Waals surface area (Å²) in [5.41, 5.74) is 2.92. The molecule has 0 aromatic carbocycles. The van der Waals surface area contributed by atoms with Crippen molar-refractivity contribution in [1.82, 2.24) is 10.5 Å². The molecule has 3 aliphatic carbocycles. The fraction of sp³-hybridized carbons (Fsp3) is 0.688. The van der Waals surface area contributed by atoms with Gasteiger partial charge in [-0.05, 0) is 51.4 Å². The molecule has 0 saturated heterocycles. The van der Waals surface area contributed by atoms with Gasteiger partial charge in [0.05, 0.1) is 5.69 Å². The second-order valence-electron chi connectivity index (χ2n) is 6.83. The van der Waals surface area contributed by atoms with Crippen molar-refractivity contribution in [2.75, 3.05) is 0 Å². The van der Waals surface area contributed by atoms with Gasteiger partial charge in [-0.3, -0.25) is 0 Å². The van der Waals surface area contributed by atoms with E-state index in [1.165, 1.54) is 25.7 Å². The maximum absolute atomic E-state index is 5.13. The van der Waals surface area contributed by atoms with Crippen LogP contribution >= 0.6 is 0 Å². The van der Waals surface area contributed by atoms with Gasteiger partial charge in [-0.15, -0.1) is 0 Å². The zero-order valence-electron chi connectivity index (χ0n) is 12.2. The van der Waals surface area contributed by atoms with Crippen LogP contribution in [0, 0.1) is 18.8 Å². The maximum atomic E-state index is 5.13. The lowest BCUT2D eigenvalue weighted by molar-refractivity contribution is 0.199. The quantitative estimate of drug-likeness (QED) is 0.844. The fourth-order valence-electron chi connectivity index (χ4n) is 3.80. The Morgan fingerprint density at radius 2 is 2.21 bits per heavy atom. The van der Waals surface area contributed by atoms with Gasteiger partial charge in [0.25, 0.3) is 0 Å². The number of aryl methyl sites for hydroxylation is 1. The zero-order valence-corrected chi connectivity index (χ0v) is 12.2. The second kappa shape index (κ2) is 4.78. The molecule has 4 rings (SSSR count). The van der Waals surface area contributed by atoms with Crippen LogP contribution in [0.5, 0.6) is 0 Å². The van der Waals surface area contributed by atoms with Crippen LogP contribution in [0.3, 0.4) is 0 Å². The van der Waals surface area contributed by atoms with Crippen molar-refractivity contribution >= 4 is 0 Å². The van der Waals surface area contributed by atoms with E-state index in [0.717, 1.165) is 23.9 Å². The van der Waals surface area contributed by atoms with Crippen molar-refractivity contribution < 1.29 is 4.52 Å². The van der Waals surface area contributed by atoms with E-state index in [1.54, 1.807) is 5.57 Å². The number of allylic oxidation sites excluding steroid dienone is 2. The highest BCUT2D eigenvalue weighted by Gasteiger charge is 2.36. The molecule has 2 unspecified atom stereocenters. The molecule has 0 aliphatic heterocycles. The Hall–Kier alpha value is -1.09. The summed E-state index contributed by atoms with van der Waals surface area (Å²) in [5, 5.41) is 7.80. The normalized spacial score (nSPS) is 34.2. The smallest absolute Gasteiger partial charge is 0.133 e. The average molecular weight is 260 g/mol. The first kappa shape index (κ1) is 12.9. The molecule has 104 valence electrons. The van der Waals surface area contributed by atoms with Crippen LogP contribution in [-0.2, 0) is 6.54 Å². The third kappa shape index (κ3) is 2.92. The van der Waals surface area contributed by atoms with E-state index in [2.05, 4.69) is 30.4 Å². The number of nitrogens with one attached hydrogen (secondary N) is 1. The van der Waals surface area contributed by atoms with Gasteiger partial charge in [-0.1, -0.05) is 23.7 Å². The average Bonchev–Trinajstić information content (AvgIpc) is 2.67. The molecular formula is C16H24N2O. The Morgan fingerprint density at radius 3 is 2.89 bits per heavy atom. The van der Waals surface area contributed by atoms with Crippen LogP contribution in [0.25, 0.3) is 0 Å². The molecule has 1 saturated carbocycles.